The summed E-state index contributed by atoms with van der Waals surface area (Å²) < 4.78 is 13.9. The molecule has 18 heavy (non-hydrogen) atoms. The van der Waals surface area contributed by atoms with Crippen LogP contribution in [0.4, 0.5) is 4.39 Å². The molecular formula is C12H12BrClFN3. The lowest BCUT2D eigenvalue weighted by molar-refractivity contribution is 0.628. The highest BCUT2D eigenvalue weighted by atomic mass is 79.9. The second-order valence-electron chi connectivity index (χ2n) is 3.83. The van der Waals surface area contributed by atoms with Gasteiger partial charge in [0.25, 0.3) is 0 Å². The molecule has 0 bridgehead atoms. The summed E-state index contributed by atoms with van der Waals surface area (Å²) >= 11 is 9.18. The highest BCUT2D eigenvalue weighted by Crippen LogP contribution is 2.29. The van der Waals surface area contributed by atoms with Crippen molar-refractivity contribution < 1.29 is 4.39 Å². The van der Waals surface area contributed by atoms with Crippen LogP contribution in [0.25, 0.3) is 11.3 Å². The van der Waals surface area contributed by atoms with E-state index in [2.05, 4.69) is 31.2 Å². The minimum Gasteiger partial charge on any atom is -0.336 e. The third-order valence-corrected chi connectivity index (χ3v) is 3.38. The normalized spacial score (nSPS) is 10.9. The molecule has 0 radical (unpaired) electrons. The van der Waals surface area contributed by atoms with Gasteiger partial charge in [0.1, 0.15) is 21.9 Å². The van der Waals surface area contributed by atoms with Crippen LogP contribution in [0.3, 0.4) is 0 Å². The largest absolute Gasteiger partial charge is 0.336 e. The standard InChI is InChI=1S/C12H12BrClFN3/c1-16-5-4-10-17-11(12(13)18-10)7-2-3-9(15)8(14)6-7/h2-3,6,16H,4-5H2,1H3,(H,17,18). The highest BCUT2D eigenvalue weighted by molar-refractivity contribution is 9.10. The van der Waals surface area contributed by atoms with Crippen molar-refractivity contribution in [3.05, 3.63) is 39.5 Å². The van der Waals surface area contributed by atoms with E-state index in [9.17, 15) is 4.39 Å². The molecule has 0 fully saturated rings. The van der Waals surface area contributed by atoms with Crippen molar-refractivity contribution in [3.8, 4) is 11.3 Å². The number of H-pyrrole nitrogens is 1. The van der Waals surface area contributed by atoms with E-state index >= 15 is 0 Å². The summed E-state index contributed by atoms with van der Waals surface area (Å²) in [6, 6.07) is 4.57. The van der Waals surface area contributed by atoms with Gasteiger partial charge in [-0.3, -0.25) is 0 Å². The monoisotopic (exact) mass is 331 g/mol. The van der Waals surface area contributed by atoms with Gasteiger partial charge in [-0.1, -0.05) is 11.6 Å². The third kappa shape index (κ3) is 2.91. The van der Waals surface area contributed by atoms with Gasteiger partial charge in [-0.15, -0.1) is 0 Å². The summed E-state index contributed by atoms with van der Waals surface area (Å²) in [6.45, 7) is 0.837. The van der Waals surface area contributed by atoms with Gasteiger partial charge in [0.2, 0.25) is 0 Å². The van der Waals surface area contributed by atoms with Gasteiger partial charge in [0.05, 0.1) is 5.02 Å². The Balaban J connectivity index is 2.32. The van der Waals surface area contributed by atoms with Crippen molar-refractivity contribution in [2.75, 3.05) is 13.6 Å². The Morgan fingerprint density at radius 1 is 1.50 bits per heavy atom. The van der Waals surface area contributed by atoms with Gasteiger partial charge < -0.3 is 10.3 Å². The second-order valence-corrected chi connectivity index (χ2v) is 5.03. The zero-order chi connectivity index (χ0) is 13.1. The van der Waals surface area contributed by atoms with E-state index in [0.29, 0.717) is 0 Å². The summed E-state index contributed by atoms with van der Waals surface area (Å²) in [4.78, 5) is 7.61. The van der Waals surface area contributed by atoms with Crippen molar-refractivity contribution in [1.82, 2.24) is 15.3 Å². The molecule has 0 aliphatic rings. The first-order valence-corrected chi connectivity index (χ1v) is 6.63. The lowest BCUT2D eigenvalue weighted by atomic mass is 10.2. The number of nitrogens with zero attached hydrogens (tertiary/aromatic N) is 1. The number of likely N-dealkylation sites (N-methyl/N-ethyl adjacent to an activating group) is 1. The van der Waals surface area contributed by atoms with E-state index in [0.717, 1.165) is 34.7 Å². The predicted molar refractivity (Wildman–Crippen MR) is 74.3 cm³/mol. The summed E-state index contributed by atoms with van der Waals surface area (Å²) in [7, 11) is 1.89. The van der Waals surface area contributed by atoms with Gasteiger partial charge in [0.15, 0.2) is 0 Å². The molecule has 3 nitrogen and oxygen atoms in total. The molecule has 0 saturated carbocycles. The first-order valence-electron chi connectivity index (χ1n) is 5.46. The van der Waals surface area contributed by atoms with Crippen LogP contribution in [-0.2, 0) is 6.42 Å². The van der Waals surface area contributed by atoms with Gasteiger partial charge in [0, 0.05) is 18.5 Å². The molecule has 0 spiro atoms. The number of aromatic nitrogens is 2. The SMILES string of the molecule is CNCCc1nc(-c2ccc(F)c(Cl)c2)c(Br)[nH]1. The minimum atomic E-state index is -0.428. The van der Waals surface area contributed by atoms with Crippen LogP contribution >= 0.6 is 27.5 Å². The predicted octanol–water partition coefficient (Wildman–Crippen LogP) is 3.39. The molecule has 2 rings (SSSR count). The fourth-order valence-corrected chi connectivity index (χ4v) is 2.32. The molecule has 0 amide bonds. The molecule has 2 N–H and O–H groups in total. The molecule has 0 atom stereocenters. The molecule has 1 aromatic carbocycles. The molecule has 96 valence electrons. The van der Waals surface area contributed by atoms with Crippen LogP contribution in [0.15, 0.2) is 22.8 Å². The maximum absolute atomic E-state index is 13.1. The van der Waals surface area contributed by atoms with Crippen LogP contribution in [0.2, 0.25) is 5.02 Å². The Hall–Kier alpha value is -0.910. The van der Waals surface area contributed by atoms with Crippen molar-refractivity contribution in [3.63, 3.8) is 0 Å². The lowest BCUT2D eigenvalue weighted by Crippen LogP contribution is -2.11. The van der Waals surface area contributed by atoms with Gasteiger partial charge in [-0.05, 0) is 41.2 Å². The molecule has 0 aliphatic heterocycles. The van der Waals surface area contributed by atoms with Crippen molar-refractivity contribution in [1.29, 1.82) is 0 Å². The van der Waals surface area contributed by atoms with Crippen LogP contribution < -0.4 is 5.32 Å². The number of aromatic amines is 1. The molecule has 2 aromatic rings. The van der Waals surface area contributed by atoms with E-state index in [1.807, 2.05) is 7.05 Å². The zero-order valence-electron chi connectivity index (χ0n) is 9.73. The molecule has 1 aromatic heterocycles. The number of nitrogens with one attached hydrogen (secondary N) is 2. The number of halogens is 3. The fourth-order valence-electron chi connectivity index (χ4n) is 1.59. The summed E-state index contributed by atoms with van der Waals surface area (Å²) in [5.74, 6) is 0.439. The Kier molecular flexibility index (Phi) is 4.37. The van der Waals surface area contributed by atoms with Crippen LogP contribution in [0.5, 0.6) is 0 Å². The maximum Gasteiger partial charge on any atom is 0.141 e. The minimum absolute atomic E-state index is 0.0965. The second kappa shape index (κ2) is 5.82. The van der Waals surface area contributed by atoms with Gasteiger partial charge in [-0.2, -0.15) is 0 Å². The number of hydrogen-bond acceptors (Lipinski definition) is 2. The molecule has 1 heterocycles. The smallest absolute Gasteiger partial charge is 0.141 e. The van der Waals surface area contributed by atoms with E-state index in [4.69, 9.17) is 11.6 Å². The highest BCUT2D eigenvalue weighted by Gasteiger charge is 2.11. The number of imidazole rings is 1. The molecule has 0 unspecified atom stereocenters. The summed E-state index contributed by atoms with van der Waals surface area (Å²) in [5, 5.41) is 3.15. The molecule has 0 aliphatic carbocycles. The number of hydrogen-bond donors (Lipinski definition) is 2. The summed E-state index contributed by atoms with van der Waals surface area (Å²) in [5.41, 5.74) is 1.52. The van der Waals surface area contributed by atoms with Crippen molar-refractivity contribution in [2.24, 2.45) is 0 Å². The van der Waals surface area contributed by atoms with E-state index in [-0.39, 0.29) is 5.02 Å². The Bertz CT molecular complexity index is 556. The Morgan fingerprint density at radius 2 is 2.28 bits per heavy atom. The quantitative estimate of drug-likeness (QED) is 0.901. The van der Waals surface area contributed by atoms with Crippen LogP contribution in [0.1, 0.15) is 5.82 Å². The van der Waals surface area contributed by atoms with E-state index in [1.54, 1.807) is 12.1 Å². The zero-order valence-corrected chi connectivity index (χ0v) is 12.1. The fraction of sp³-hybridized carbons (Fsp3) is 0.250. The van der Waals surface area contributed by atoms with Crippen molar-refractivity contribution in [2.45, 2.75) is 6.42 Å². The van der Waals surface area contributed by atoms with Crippen molar-refractivity contribution >= 4 is 27.5 Å². The van der Waals surface area contributed by atoms with E-state index in [1.165, 1.54) is 6.07 Å². The summed E-state index contributed by atoms with van der Waals surface area (Å²) in [6.07, 6.45) is 0.796. The van der Waals surface area contributed by atoms with Gasteiger partial charge in [-0.25, -0.2) is 9.37 Å². The molecular weight excluding hydrogens is 321 g/mol. The van der Waals surface area contributed by atoms with Gasteiger partial charge >= 0.3 is 0 Å². The molecule has 6 heteroatoms. The lowest BCUT2D eigenvalue weighted by Gasteiger charge is -1.99. The number of rotatable bonds is 4. The average molecular weight is 333 g/mol. The Labute approximate surface area is 118 Å². The van der Waals surface area contributed by atoms with Crippen LogP contribution in [0, 0.1) is 5.82 Å². The first-order chi connectivity index (χ1) is 8.61. The molecule has 0 saturated heterocycles. The Morgan fingerprint density at radius 3 is 2.94 bits per heavy atom. The number of benzene rings is 1. The third-order valence-electron chi connectivity index (χ3n) is 2.51. The topological polar surface area (TPSA) is 40.7 Å². The average Bonchev–Trinajstić information content (AvgIpc) is 2.71. The first kappa shape index (κ1) is 13.5. The van der Waals surface area contributed by atoms with E-state index < -0.39 is 5.82 Å². The van der Waals surface area contributed by atoms with Crippen LogP contribution in [-0.4, -0.2) is 23.6 Å². The maximum atomic E-state index is 13.1.